The number of ether oxygens (including phenoxy) is 1. The number of nitrogens with one attached hydrogen (secondary N) is 1. The SMILES string of the molecule is CCOC(=O)c1cccc(NC(=O)Cn2nc(C)c3ccccc3c2=O)c1. The van der Waals surface area contributed by atoms with Gasteiger partial charge in [-0.1, -0.05) is 24.3 Å². The number of aryl methyl sites for hydroxylation is 1. The van der Waals surface area contributed by atoms with Gasteiger partial charge >= 0.3 is 5.97 Å². The first-order valence-electron chi connectivity index (χ1n) is 8.53. The van der Waals surface area contributed by atoms with Crippen molar-refractivity contribution < 1.29 is 14.3 Å². The maximum atomic E-state index is 12.5. The van der Waals surface area contributed by atoms with E-state index in [0.29, 0.717) is 22.3 Å². The van der Waals surface area contributed by atoms with Crippen LogP contribution in [-0.4, -0.2) is 28.3 Å². The monoisotopic (exact) mass is 365 g/mol. The standard InChI is InChI=1S/C20H19N3O4/c1-3-27-20(26)14-7-6-8-15(11-14)21-18(24)12-23-19(25)17-10-5-4-9-16(17)13(2)22-23/h4-11H,3,12H2,1-2H3,(H,21,24). The summed E-state index contributed by atoms with van der Waals surface area (Å²) in [4.78, 5) is 36.7. The number of rotatable bonds is 5. The maximum absolute atomic E-state index is 12.5. The summed E-state index contributed by atoms with van der Waals surface area (Å²) in [6, 6.07) is 13.6. The van der Waals surface area contributed by atoms with Crippen LogP contribution in [0.1, 0.15) is 23.0 Å². The van der Waals surface area contributed by atoms with E-state index >= 15 is 0 Å². The van der Waals surface area contributed by atoms with Gasteiger partial charge in [0.1, 0.15) is 6.54 Å². The lowest BCUT2D eigenvalue weighted by atomic mass is 10.1. The summed E-state index contributed by atoms with van der Waals surface area (Å²) < 4.78 is 6.09. The highest BCUT2D eigenvalue weighted by atomic mass is 16.5. The van der Waals surface area contributed by atoms with Gasteiger partial charge in [-0.2, -0.15) is 5.10 Å². The van der Waals surface area contributed by atoms with Gasteiger partial charge in [0.2, 0.25) is 5.91 Å². The van der Waals surface area contributed by atoms with Crippen molar-refractivity contribution in [1.82, 2.24) is 9.78 Å². The van der Waals surface area contributed by atoms with Crippen LogP contribution in [0.15, 0.2) is 53.3 Å². The van der Waals surface area contributed by atoms with E-state index in [9.17, 15) is 14.4 Å². The zero-order chi connectivity index (χ0) is 19.4. The van der Waals surface area contributed by atoms with Gasteiger partial charge in [0.25, 0.3) is 5.56 Å². The summed E-state index contributed by atoms with van der Waals surface area (Å²) in [5.41, 5.74) is 1.12. The highest BCUT2D eigenvalue weighted by molar-refractivity contribution is 5.94. The van der Waals surface area contributed by atoms with Crippen LogP contribution in [0.2, 0.25) is 0 Å². The molecule has 0 bridgehead atoms. The first-order chi connectivity index (χ1) is 13.0. The molecule has 3 aromatic rings. The topological polar surface area (TPSA) is 90.3 Å². The molecule has 1 amide bonds. The smallest absolute Gasteiger partial charge is 0.338 e. The summed E-state index contributed by atoms with van der Waals surface area (Å²) >= 11 is 0. The molecule has 7 heteroatoms. The minimum atomic E-state index is -0.461. The summed E-state index contributed by atoms with van der Waals surface area (Å²) in [7, 11) is 0. The summed E-state index contributed by atoms with van der Waals surface area (Å²) in [6.07, 6.45) is 0. The summed E-state index contributed by atoms with van der Waals surface area (Å²) in [6.45, 7) is 3.55. The molecule has 0 aliphatic carbocycles. The van der Waals surface area contributed by atoms with Gasteiger partial charge in [-0.05, 0) is 38.1 Å². The number of carbonyl (C=O) groups is 2. The lowest BCUT2D eigenvalue weighted by Crippen LogP contribution is -2.30. The fraction of sp³-hybridized carbons (Fsp3) is 0.200. The van der Waals surface area contributed by atoms with Crippen molar-refractivity contribution in [3.8, 4) is 0 Å². The molecule has 27 heavy (non-hydrogen) atoms. The van der Waals surface area contributed by atoms with Gasteiger partial charge < -0.3 is 10.1 Å². The van der Waals surface area contributed by atoms with E-state index in [1.807, 2.05) is 12.1 Å². The van der Waals surface area contributed by atoms with Crippen LogP contribution in [0.4, 0.5) is 5.69 Å². The number of esters is 1. The van der Waals surface area contributed by atoms with Crippen LogP contribution >= 0.6 is 0 Å². The molecule has 1 heterocycles. The fourth-order valence-corrected chi connectivity index (χ4v) is 2.79. The predicted molar refractivity (Wildman–Crippen MR) is 102 cm³/mol. The van der Waals surface area contributed by atoms with Crippen LogP contribution in [0.25, 0.3) is 10.8 Å². The number of benzene rings is 2. The molecule has 0 saturated carbocycles. The molecular formula is C20H19N3O4. The second-order valence-corrected chi connectivity index (χ2v) is 5.94. The molecule has 0 aliphatic rings. The normalized spacial score (nSPS) is 10.6. The molecule has 0 atom stereocenters. The third-order valence-corrected chi connectivity index (χ3v) is 4.00. The van der Waals surface area contributed by atoms with Gasteiger partial charge in [-0.15, -0.1) is 0 Å². The number of fused-ring (bicyclic) bond motifs is 1. The number of aromatic nitrogens is 2. The number of hydrogen-bond donors (Lipinski definition) is 1. The molecule has 2 aromatic carbocycles. The highest BCUT2D eigenvalue weighted by Gasteiger charge is 2.12. The largest absolute Gasteiger partial charge is 0.462 e. The van der Waals surface area contributed by atoms with E-state index in [1.54, 1.807) is 44.2 Å². The summed E-state index contributed by atoms with van der Waals surface area (Å²) in [5.74, 6) is -0.878. The minimum absolute atomic E-state index is 0.228. The molecule has 0 radical (unpaired) electrons. The van der Waals surface area contributed by atoms with Gasteiger partial charge in [0.15, 0.2) is 0 Å². The Morgan fingerprint density at radius 3 is 2.59 bits per heavy atom. The molecule has 0 unspecified atom stereocenters. The van der Waals surface area contributed by atoms with E-state index < -0.39 is 11.9 Å². The zero-order valence-electron chi connectivity index (χ0n) is 15.1. The maximum Gasteiger partial charge on any atom is 0.338 e. The lowest BCUT2D eigenvalue weighted by Gasteiger charge is -2.10. The molecule has 1 aromatic heterocycles. The molecule has 7 nitrogen and oxygen atoms in total. The first-order valence-corrected chi connectivity index (χ1v) is 8.53. The quantitative estimate of drug-likeness (QED) is 0.702. The number of hydrogen-bond acceptors (Lipinski definition) is 5. The first kappa shape index (κ1) is 18.3. The average Bonchev–Trinajstić information content (AvgIpc) is 2.66. The average molecular weight is 365 g/mol. The second kappa shape index (κ2) is 7.82. The van der Waals surface area contributed by atoms with Crippen LogP contribution in [-0.2, 0) is 16.1 Å². The Morgan fingerprint density at radius 1 is 1.11 bits per heavy atom. The predicted octanol–water partition coefficient (Wildman–Crippen LogP) is 2.52. The van der Waals surface area contributed by atoms with E-state index in [1.165, 1.54) is 6.07 Å². The van der Waals surface area contributed by atoms with E-state index in [0.717, 1.165) is 10.1 Å². The molecule has 1 N–H and O–H groups in total. The molecule has 0 fully saturated rings. The third kappa shape index (κ3) is 4.03. The fourth-order valence-electron chi connectivity index (χ4n) is 2.79. The van der Waals surface area contributed by atoms with E-state index in [2.05, 4.69) is 10.4 Å². The van der Waals surface area contributed by atoms with Gasteiger partial charge in [0, 0.05) is 11.1 Å². The van der Waals surface area contributed by atoms with Crippen LogP contribution in [0.3, 0.4) is 0 Å². The van der Waals surface area contributed by atoms with Crippen molar-refractivity contribution in [2.45, 2.75) is 20.4 Å². The molecule has 0 spiro atoms. The van der Waals surface area contributed by atoms with Crippen molar-refractivity contribution in [3.05, 3.63) is 70.1 Å². The van der Waals surface area contributed by atoms with Crippen molar-refractivity contribution in [2.24, 2.45) is 0 Å². The Balaban J connectivity index is 1.80. The van der Waals surface area contributed by atoms with Crippen molar-refractivity contribution in [2.75, 3.05) is 11.9 Å². The number of nitrogens with zero attached hydrogens (tertiary/aromatic N) is 2. The molecular weight excluding hydrogens is 346 g/mol. The third-order valence-electron chi connectivity index (χ3n) is 4.00. The number of anilines is 1. The zero-order valence-corrected chi connectivity index (χ0v) is 15.1. The van der Waals surface area contributed by atoms with Crippen molar-refractivity contribution in [1.29, 1.82) is 0 Å². The van der Waals surface area contributed by atoms with Crippen molar-refractivity contribution >= 4 is 28.3 Å². The highest BCUT2D eigenvalue weighted by Crippen LogP contribution is 2.13. The molecule has 138 valence electrons. The Morgan fingerprint density at radius 2 is 1.85 bits per heavy atom. The number of amides is 1. The Bertz CT molecular complexity index is 1070. The van der Waals surface area contributed by atoms with Gasteiger partial charge in [0.05, 0.1) is 23.3 Å². The minimum Gasteiger partial charge on any atom is -0.462 e. The van der Waals surface area contributed by atoms with Crippen LogP contribution in [0.5, 0.6) is 0 Å². The molecule has 3 rings (SSSR count). The summed E-state index contributed by atoms with van der Waals surface area (Å²) in [5, 5.41) is 8.18. The lowest BCUT2D eigenvalue weighted by molar-refractivity contribution is -0.117. The molecule has 0 saturated heterocycles. The van der Waals surface area contributed by atoms with Gasteiger partial charge in [-0.25, -0.2) is 9.48 Å². The number of carbonyl (C=O) groups excluding carboxylic acids is 2. The Labute approximate surface area is 155 Å². The Hall–Kier alpha value is -3.48. The van der Waals surface area contributed by atoms with Crippen LogP contribution < -0.4 is 10.9 Å². The van der Waals surface area contributed by atoms with E-state index in [-0.39, 0.29) is 18.7 Å². The Kier molecular flexibility index (Phi) is 5.30. The van der Waals surface area contributed by atoms with Crippen LogP contribution in [0, 0.1) is 6.92 Å². The van der Waals surface area contributed by atoms with E-state index in [4.69, 9.17) is 4.74 Å². The van der Waals surface area contributed by atoms with Gasteiger partial charge in [-0.3, -0.25) is 9.59 Å². The van der Waals surface area contributed by atoms with Crippen molar-refractivity contribution in [3.63, 3.8) is 0 Å². The second-order valence-electron chi connectivity index (χ2n) is 5.94. The molecule has 0 aliphatic heterocycles.